The Morgan fingerprint density at radius 2 is 0.747 bits per heavy atom. The molecule has 402 valence electrons. The van der Waals surface area contributed by atoms with Gasteiger partial charge in [-0.1, -0.05) is 72.8 Å². The largest absolute Gasteiger partial charge is 0.383 e. The average Bonchev–Trinajstić information content (AvgIpc) is 3.45. The number of likely N-dealkylation sites (tertiary alicyclic amines) is 2. The van der Waals surface area contributed by atoms with Crippen LogP contribution in [-0.2, 0) is 4.79 Å². The quantitative estimate of drug-likeness (QED) is 0.0743. The number of nitrogens with two attached hydrogens (primary N) is 3. The van der Waals surface area contributed by atoms with Crippen molar-refractivity contribution in [2.45, 2.75) is 18.1 Å². The third kappa shape index (κ3) is 12.4. The fourth-order valence-electron chi connectivity index (χ4n) is 9.64. The van der Waals surface area contributed by atoms with E-state index in [0.29, 0.717) is 50.3 Å². The van der Waals surface area contributed by atoms with Gasteiger partial charge in [0, 0.05) is 74.0 Å². The minimum absolute atomic E-state index is 0.145. The number of nitrogens with one attached hydrogen (secondary N) is 4. The zero-order valence-corrected chi connectivity index (χ0v) is 43.3. The summed E-state index contributed by atoms with van der Waals surface area (Å²) >= 11 is 0. The van der Waals surface area contributed by atoms with Gasteiger partial charge < -0.3 is 53.1 Å². The minimum Gasteiger partial charge on any atom is -0.383 e. The van der Waals surface area contributed by atoms with Gasteiger partial charge in [-0.25, -0.2) is 28.1 Å². The Morgan fingerprint density at radius 3 is 1.01 bits per heavy atom. The number of hydrogen-bond acceptors (Lipinski definition) is 13. The maximum absolute atomic E-state index is 13.5. The van der Waals surface area contributed by atoms with Crippen LogP contribution in [0, 0.1) is 17.5 Å². The Labute approximate surface area is 453 Å². The number of carbonyl (C=O) groups is 4. The van der Waals surface area contributed by atoms with Gasteiger partial charge in [0.1, 0.15) is 41.7 Å². The topological polar surface area (TPSA) is 240 Å². The smallest absolute Gasteiger partial charge is 0.253 e. The Hall–Kier alpha value is -9.30. The van der Waals surface area contributed by atoms with Crippen molar-refractivity contribution in [1.82, 2.24) is 46.0 Å². The van der Waals surface area contributed by atoms with Crippen molar-refractivity contribution in [3.8, 4) is 33.4 Å². The van der Waals surface area contributed by atoms with Crippen LogP contribution in [0.1, 0.15) is 31.1 Å². The summed E-state index contributed by atoms with van der Waals surface area (Å²) < 4.78 is 40.5. The molecule has 9 aromatic rings. The highest BCUT2D eigenvalue weighted by Gasteiger charge is 2.28. The molecule has 16 nitrogen and oxygen atoms in total. The van der Waals surface area contributed by atoms with Crippen LogP contribution in [0.2, 0.25) is 0 Å². The van der Waals surface area contributed by atoms with E-state index in [-0.39, 0.29) is 53.3 Å². The van der Waals surface area contributed by atoms with Crippen LogP contribution in [0.3, 0.4) is 0 Å². The average molecular weight is 1070 g/mol. The first-order valence-electron chi connectivity index (χ1n) is 25.3. The van der Waals surface area contributed by atoms with Crippen LogP contribution in [-0.4, -0.2) is 121 Å². The molecule has 0 bridgehead atoms. The molecule has 0 aliphatic carbocycles. The zero-order chi connectivity index (χ0) is 55.9. The summed E-state index contributed by atoms with van der Waals surface area (Å²) in [6.07, 6.45) is 4.52. The van der Waals surface area contributed by atoms with Crippen LogP contribution >= 0.6 is 0 Å². The number of amides is 3. The lowest BCUT2D eigenvalue weighted by atomic mass is 9.99. The number of carbonyl (C=O) groups excluding carboxylic acids is 4. The molecule has 10 N–H and O–H groups in total. The minimum atomic E-state index is -0.300. The molecular weight excluding hydrogens is 1010 g/mol. The van der Waals surface area contributed by atoms with E-state index < -0.39 is 0 Å². The standard InChI is InChI=1S/2C20H19FN4O.C19H17FN4O.CH2O/c2*1-25-10-15(11-25)24-20(26)18-9-23-19(22)17-8-13(5-6-16(17)18)12-3-2-4-14(21)7-12;20-13-3-1-2-11(6-13)12-4-5-15-16(7-12)18(21)23-10-17(15)19(25)24-14-8-22-9-14;1-2/h2*2-9,15H,10-11H2,1H3,(H2,22,23)(H,24,26);1-7,10,14,22H,8-9H2,(H2,21,23)(H,24,25);1H2. The van der Waals surface area contributed by atoms with Crippen molar-refractivity contribution in [3.05, 3.63) is 180 Å². The van der Waals surface area contributed by atoms with Gasteiger partial charge in [-0.05, 0) is 118 Å². The van der Waals surface area contributed by atoms with Crippen molar-refractivity contribution in [2.75, 3.05) is 70.6 Å². The molecule has 0 radical (unpaired) electrons. The third-order valence-electron chi connectivity index (χ3n) is 13.9. The van der Waals surface area contributed by atoms with E-state index in [1.807, 2.05) is 93.7 Å². The van der Waals surface area contributed by atoms with Crippen LogP contribution in [0.25, 0.3) is 65.7 Å². The molecule has 3 aliphatic heterocycles. The van der Waals surface area contributed by atoms with Crippen LogP contribution in [0.15, 0.2) is 146 Å². The molecule has 6 heterocycles. The van der Waals surface area contributed by atoms with E-state index >= 15 is 0 Å². The zero-order valence-electron chi connectivity index (χ0n) is 43.3. The SMILES string of the molecule is C=O.CN1CC(NC(=O)c2cnc(N)c3cc(-c4cccc(F)c4)ccc23)C1.CN1CC(NC(=O)c2cnc(N)c3cc(-c4cccc(F)c4)ccc23)C1.Nc1ncc(C(=O)NC2CNC2)c2ccc(-c3cccc(F)c3)cc12. The summed E-state index contributed by atoms with van der Waals surface area (Å²) in [5.74, 6) is -0.335. The number of nitrogens with zero attached hydrogens (tertiary/aromatic N) is 5. The van der Waals surface area contributed by atoms with E-state index in [1.54, 1.807) is 18.2 Å². The van der Waals surface area contributed by atoms with Crippen molar-refractivity contribution in [3.63, 3.8) is 0 Å². The van der Waals surface area contributed by atoms with E-state index in [0.717, 1.165) is 88.8 Å². The maximum atomic E-state index is 13.5. The predicted molar refractivity (Wildman–Crippen MR) is 303 cm³/mol. The second kappa shape index (κ2) is 23.9. The van der Waals surface area contributed by atoms with Crippen molar-refractivity contribution >= 4 is 74.3 Å². The summed E-state index contributed by atoms with van der Waals surface area (Å²) in [5, 5.41) is 16.4. The van der Waals surface area contributed by atoms with Gasteiger partial charge in [-0.2, -0.15) is 0 Å². The number of hydrogen-bond donors (Lipinski definition) is 7. The maximum Gasteiger partial charge on any atom is 0.253 e. The van der Waals surface area contributed by atoms with E-state index in [9.17, 15) is 27.6 Å². The molecule has 3 aromatic heterocycles. The highest BCUT2D eigenvalue weighted by Crippen LogP contribution is 2.33. The van der Waals surface area contributed by atoms with E-state index in [4.69, 9.17) is 22.0 Å². The lowest BCUT2D eigenvalue weighted by molar-refractivity contribution is -0.0980. The Morgan fingerprint density at radius 1 is 0.456 bits per heavy atom. The highest BCUT2D eigenvalue weighted by molar-refractivity contribution is 6.12. The third-order valence-corrected chi connectivity index (χ3v) is 13.9. The first kappa shape index (κ1) is 54.5. The Bertz CT molecular complexity index is 3590. The molecule has 3 fully saturated rings. The number of aromatic nitrogens is 3. The fourth-order valence-corrected chi connectivity index (χ4v) is 9.64. The molecule has 3 aliphatic rings. The molecular formula is C60H57F3N12O4. The number of anilines is 3. The Balaban J connectivity index is 0.000000141. The molecule has 0 atom stereocenters. The van der Waals surface area contributed by atoms with E-state index in [2.05, 4.69) is 46.0 Å². The highest BCUT2D eigenvalue weighted by atomic mass is 19.1. The molecule has 3 saturated heterocycles. The number of rotatable bonds is 9. The summed E-state index contributed by atoms with van der Waals surface area (Å²) in [5.41, 5.74) is 24.3. The summed E-state index contributed by atoms with van der Waals surface area (Å²) in [6, 6.07) is 36.2. The number of pyridine rings is 3. The van der Waals surface area contributed by atoms with Gasteiger partial charge in [-0.15, -0.1) is 0 Å². The number of nitrogen functional groups attached to an aromatic ring is 3. The van der Waals surface area contributed by atoms with Crippen molar-refractivity contribution < 1.29 is 32.3 Å². The molecule has 3 amide bonds. The van der Waals surface area contributed by atoms with Gasteiger partial charge in [0.25, 0.3) is 17.7 Å². The molecule has 0 saturated carbocycles. The van der Waals surface area contributed by atoms with Crippen LogP contribution < -0.4 is 38.5 Å². The fraction of sp³-hybridized carbons (Fsp3) is 0.183. The number of likely N-dealkylation sites (N-methyl/N-ethyl adjacent to an activating group) is 2. The second-order valence-corrected chi connectivity index (χ2v) is 19.6. The van der Waals surface area contributed by atoms with Gasteiger partial charge in [-0.3, -0.25) is 14.4 Å². The lowest BCUT2D eigenvalue weighted by Crippen LogP contribution is -2.57. The summed E-state index contributed by atoms with van der Waals surface area (Å²) in [7, 11) is 4.02. The summed E-state index contributed by atoms with van der Waals surface area (Å²) in [6.45, 7) is 6.92. The van der Waals surface area contributed by atoms with Gasteiger partial charge in [0.15, 0.2) is 0 Å². The first-order chi connectivity index (χ1) is 38.1. The van der Waals surface area contributed by atoms with Crippen LogP contribution in [0.4, 0.5) is 30.6 Å². The molecule has 79 heavy (non-hydrogen) atoms. The van der Waals surface area contributed by atoms with Gasteiger partial charge in [0.2, 0.25) is 0 Å². The van der Waals surface area contributed by atoms with Crippen molar-refractivity contribution in [1.29, 1.82) is 0 Å². The molecule has 6 aromatic carbocycles. The molecule has 19 heteroatoms. The monoisotopic (exact) mass is 1070 g/mol. The lowest BCUT2D eigenvalue weighted by Gasteiger charge is -2.36. The first-order valence-corrected chi connectivity index (χ1v) is 25.3. The normalized spacial score (nSPS) is 14.4. The van der Waals surface area contributed by atoms with Gasteiger partial charge in [0.05, 0.1) is 34.8 Å². The van der Waals surface area contributed by atoms with E-state index in [1.165, 1.54) is 55.0 Å². The molecule has 0 spiro atoms. The Kier molecular flexibility index (Phi) is 16.5. The number of benzene rings is 6. The van der Waals surface area contributed by atoms with Gasteiger partial charge >= 0.3 is 0 Å². The van der Waals surface area contributed by atoms with Crippen LogP contribution in [0.5, 0.6) is 0 Å². The second-order valence-electron chi connectivity index (χ2n) is 19.6. The molecule has 0 unspecified atom stereocenters. The molecule has 12 rings (SSSR count). The van der Waals surface area contributed by atoms with Crippen molar-refractivity contribution in [2.24, 2.45) is 0 Å². The summed E-state index contributed by atoms with van der Waals surface area (Å²) in [4.78, 5) is 62.5. The number of halogens is 3. The predicted octanol–water partition coefficient (Wildman–Crippen LogP) is 7.47. The number of fused-ring (bicyclic) bond motifs is 3.